The highest BCUT2D eigenvalue weighted by molar-refractivity contribution is 7.09. The highest BCUT2D eigenvalue weighted by Gasteiger charge is 2.41. The van der Waals surface area contributed by atoms with Crippen molar-refractivity contribution in [1.82, 2.24) is 25.4 Å². The summed E-state index contributed by atoms with van der Waals surface area (Å²) in [6.07, 6.45) is 5.09. The normalized spacial score (nSPS) is 17.6. The maximum Gasteiger partial charge on any atom is 0.248 e. The van der Waals surface area contributed by atoms with Gasteiger partial charge in [-0.1, -0.05) is 0 Å². The molecule has 3 rings (SSSR count). The van der Waals surface area contributed by atoms with Crippen LogP contribution in [0.15, 0.2) is 23.8 Å². The highest BCUT2D eigenvalue weighted by atomic mass is 32.1. The van der Waals surface area contributed by atoms with Crippen LogP contribution in [-0.4, -0.2) is 33.8 Å². The number of nitrogens with zero attached hydrogens (tertiary/aromatic N) is 3. The number of hydrogen-bond acceptors (Lipinski definition) is 5. The number of carbonyl (C=O) groups is 1. The molecular weight excluding hydrogens is 286 g/mol. The van der Waals surface area contributed by atoms with Crippen molar-refractivity contribution in [3.05, 3.63) is 34.5 Å². The van der Waals surface area contributed by atoms with Gasteiger partial charge < -0.3 is 10.6 Å². The minimum atomic E-state index is -0.582. The quantitative estimate of drug-likeness (QED) is 0.885. The minimum absolute atomic E-state index is 0.0283. The third kappa shape index (κ3) is 2.84. The number of aryl methyl sites for hydroxylation is 1. The molecule has 3 heterocycles. The van der Waals surface area contributed by atoms with Crippen LogP contribution >= 0.6 is 11.3 Å². The van der Waals surface area contributed by atoms with Crippen molar-refractivity contribution in [2.45, 2.75) is 31.8 Å². The average molecular weight is 305 g/mol. The van der Waals surface area contributed by atoms with E-state index in [0.717, 1.165) is 36.6 Å². The summed E-state index contributed by atoms with van der Waals surface area (Å²) in [5.41, 5.74) is 0.411. The Morgan fingerprint density at radius 2 is 2.33 bits per heavy atom. The van der Waals surface area contributed by atoms with E-state index in [2.05, 4.69) is 20.7 Å². The molecule has 1 amide bonds. The van der Waals surface area contributed by atoms with Crippen LogP contribution < -0.4 is 10.6 Å². The van der Waals surface area contributed by atoms with E-state index >= 15 is 0 Å². The van der Waals surface area contributed by atoms with Gasteiger partial charge in [-0.05, 0) is 38.9 Å². The van der Waals surface area contributed by atoms with Crippen molar-refractivity contribution in [2.24, 2.45) is 0 Å². The molecule has 7 heteroatoms. The van der Waals surface area contributed by atoms with Crippen LogP contribution in [-0.2, 0) is 16.9 Å². The lowest BCUT2D eigenvalue weighted by Gasteiger charge is -2.36. The van der Waals surface area contributed by atoms with E-state index in [-0.39, 0.29) is 5.91 Å². The van der Waals surface area contributed by atoms with Gasteiger partial charge in [-0.15, -0.1) is 11.3 Å². The van der Waals surface area contributed by atoms with Gasteiger partial charge in [0.15, 0.2) is 0 Å². The zero-order chi connectivity index (χ0) is 14.7. The van der Waals surface area contributed by atoms with E-state index in [0.29, 0.717) is 6.54 Å². The first-order chi connectivity index (χ1) is 10.2. The average Bonchev–Trinajstić information content (AvgIpc) is 3.17. The molecular formula is C14H19N5OS. The molecule has 21 heavy (non-hydrogen) atoms. The number of amides is 1. The monoisotopic (exact) mass is 305 g/mol. The Balaban J connectivity index is 1.75. The van der Waals surface area contributed by atoms with Gasteiger partial charge in [0.25, 0.3) is 0 Å². The number of piperidine rings is 1. The van der Waals surface area contributed by atoms with E-state index in [1.54, 1.807) is 22.2 Å². The number of rotatable bonds is 4. The first-order valence-corrected chi connectivity index (χ1v) is 7.99. The lowest BCUT2D eigenvalue weighted by molar-refractivity contribution is -0.132. The van der Waals surface area contributed by atoms with Crippen LogP contribution in [0.2, 0.25) is 0 Å². The molecule has 0 bridgehead atoms. The fourth-order valence-corrected chi connectivity index (χ4v) is 3.44. The zero-order valence-corrected chi connectivity index (χ0v) is 12.8. The van der Waals surface area contributed by atoms with Crippen molar-refractivity contribution in [2.75, 3.05) is 13.1 Å². The molecule has 6 nitrogen and oxygen atoms in total. The van der Waals surface area contributed by atoms with Gasteiger partial charge in [-0.3, -0.25) is 9.48 Å². The molecule has 1 fully saturated rings. The van der Waals surface area contributed by atoms with Crippen molar-refractivity contribution < 1.29 is 4.79 Å². The minimum Gasteiger partial charge on any atom is -0.347 e. The number of nitrogens with one attached hydrogen (secondary N) is 2. The lowest BCUT2D eigenvalue weighted by atomic mass is 9.87. The molecule has 0 radical (unpaired) electrons. The van der Waals surface area contributed by atoms with Crippen molar-refractivity contribution in [3.8, 4) is 0 Å². The summed E-state index contributed by atoms with van der Waals surface area (Å²) >= 11 is 1.57. The van der Waals surface area contributed by atoms with Gasteiger partial charge >= 0.3 is 0 Å². The van der Waals surface area contributed by atoms with E-state index in [1.807, 2.05) is 24.6 Å². The van der Waals surface area contributed by atoms with Crippen molar-refractivity contribution >= 4 is 17.2 Å². The molecule has 0 atom stereocenters. The standard InChI is InChI=1S/C14H19N5OS/c1-11-10-21-12(18-11)9-16-13(20)14(3-6-15-7-4-14)19-8-2-5-17-19/h2,5,8,10,15H,3-4,6-7,9H2,1H3,(H,16,20). The Labute approximate surface area is 127 Å². The summed E-state index contributed by atoms with van der Waals surface area (Å²) < 4.78 is 1.80. The molecule has 0 saturated carbocycles. The third-order valence-corrected chi connectivity index (χ3v) is 4.83. The maximum absolute atomic E-state index is 12.8. The van der Waals surface area contributed by atoms with Crippen molar-refractivity contribution in [1.29, 1.82) is 0 Å². The van der Waals surface area contributed by atoms with Crippen LogP contribution in [0.3, 0.4) is 0 Å². The molecule has 2 aromatic heterocycles. The zero-order valence-electron chi connectivity index (χ0n) is 12.0. The van der Waals surface area contributed by atoms with E-state index in [9.17, 15) is 4.79 Å². The molecule has 2 N–H and O–H groups in total. The number of hydrogen-bond donors (Lipinski definition) is 2. The molecule has 1 aliphatic rings. The Morgan fingerprint density at radius 1 is 1.52 bits per heavy atom. The van der Waals surface area contributed by atoms with Gasteiger partial charge in [-0.2, -0.15) is 5.10 Å². The fraction of sp³-hybridized carbons (Fsp3) is 0.500. The predicted molar refractivity (Wildman–Crippen MR) is 81.0 cm³/mol. The highest BCUT2D eigenvalue weighted by Crippen LogP contribution is 2.27. The summed E-state index contributed by atoms with van der Waals surface area (Å²) in [5.74, 6) is 0.0283. The topological polar surface area (TPSA) is 71.8 Å². The van der Waals surface area contributed by atoms with Gasteiger partial charge in [0, 0.05) is 23.5 Å². The lowest BCUT2D eigenvalue weighted by Crippen LogP contribution is -2.54. The van der Waals surface area contributed by atoms with Crippen LogP contribution in [0, 0.1) is 6.92 Å². The van der Waals surface area contributed by atoms with Crippen LogP contribution in [0.25, 0.3) is 0 Å². The first kappa shape index (κ1) is 14.2. The van der Waals surface area contributed by atoms with Crippen LogP contribution in [0.5, 0.6) is 0 Å². The second-order valence-corrected chi connectivity index (χ2v) is 6.24. The molecule has 0 aromatic carbocycles. The van der Waals surface area contributed by atoms with Gasteiger partial charge in [-0.25, -0.2) is 4.98 Å². The predicted octanol–water partition coefficient (Wildman–Crippen LogP) is 1.04. The smallest absolute Gasteiger partial charge is 0.248 e. The Bertz CT molecular complexity index is 601. The fourth-order valence-electron chi connectivity index (χ4n) is 2.73. The summed E-state index contributed by atoms with van der Waals surface area (Å²) in [7, 11) is 0. The first-order valence-electron chi connectivity index (χ1n) is 7.11. The number of thiazole rings is 1. The molecule has 0 spiro atoms. The maximum atomic E-state index is 12.8. The molecule has 0 aliphatic carbocycles. The van der Waals surface area contributed by atoms with E-state index in [1.165, 1.54) is 0 Å². The summed E-state index contributed by atoms with van der Waals surface area (Å²) in [5, 5.41) is 13.6. The van der Waals surface area contributed by atoms with Gasteiger partial charge in [0.1, 0.15) is 10.5 Å². The molecule has 1 aliphatic heterocycles. The van der Waals surface area contributed by atoms with Crippen LogP contribution in [0.1, 0.15) is 23.5 Å². The van der Waals surface area contributed by atoms with Gasteiger partial charge in [0.2, 0.25) is 5.91 Å². The van der Waals surface area contributed by atoms with Gasteiger partial charge in [0.05, 0.1) is 6.54 Å². The molecule has 2 aromatic rings. The molecule has 112 valence electrons. The van der Waals surface area contributed by atoms with Crippen molar-refractivity contribution in [3.63, 3.8) is 0 Å². The Hall–Kier alpha value is -1.73. The second-order valence-electron chi connectivity index (χ2n) is 5.30. The molecule has 1 saturated heterocycles. The number of carbonyl (C=O) groups excluding carboxylic acids is 1. The number of aromatic nitrogens is 3. The third-order valence-electron chi connectivity index (χ3n) is 3.86. The second kappa shape index (κ2) is 5.95. The molecule has 0 unspecified atom stereocenters. The van der Waals surface area contributed by atoms with E-state index < -0.39 is 5.54 Å². The summed E-state index contributed by atoms with van der Waals surface area (Å²) in [4.78, 5) is 17.2. The Kier molecular flexibility index (Phi) is 4.03. The SMILES string of the molecule is Cc1csc(CNC(=O)C2(n3cccn3)CCNCC2)n1. The largest absolute Gasteiger partial charge is 0.347 e. The van der Waals surface area contributed by atoms with E-state index in [4.69, 9.17) is 0 Å². The van der Waals surface area contributed by atoms with Crippen LogP contribution in [0.4, 0.5) is 0 Å². The summed E-state index contributed by atoms with van der Waals surface area (Å²) in [6, 6.07) is 1.86. The summed E-state index contributed by atoms with van der Waals surface area (Å²) in [6.45, 7) is 4.08. The Morgan fingerprint density at radius 3 is 2.95 bits per heavy atom.